The Labute approximate surface area is 94.9 Å². The van der Waals surface area contributed by atoms with Crippen molar-refractivity contribution in [2.45, 2.75) is 31.8 Å². The molecule has 0 saturated heterocycles. The summed E-state index contributed by atoms with van der Waals surface area (Å²) >= 11 is 0. The topological polar surface area (TPSA) is 68.9 Å². The first-order valence-corrected chi connectivity index (χ1v) is 5.56. The molecule has 0 bridgehead atoms. The van der Waals surface area contributed by atoms with Crippen molar-refractivity contribution in [2.75, 3.05) is 0 Å². The molecule has 1 fully saturated rings. The molecule has 1 aromatic rings. The van der Waals surface area contributed by atoms with E-state index in [1.807, 2.05) is 0 Å². The molecule has 0 amide bonds. The molecule has 16 heavy (non-hydrogen) atoms. The van der Waals surface area contributed by atoms with Crippen molar-refractivity contribution in [3.8, 4) is 11.8 Å². The maximum atomic E-state index is 9.09. The first kappa shape index (κ1) is 10.9. The number of aromatic nitrogens is 1. The quantitative estimate of drug-likeness (QED) is 0.806. The normalized spacial score (nSPS) is 24.2. The predicted molar refractivity (Wildman–Crippen MR) is 59.5 cm³/mol. The Bertz CT molecular complexity index is 382. The van der Waals surface area contributed by atoms with Crippen LogP contribution in [-0.2, 0) is 6.54 Å². The van der Waals surface area contributed by atoms with Crippen LogP contribution >= 0.6 is 0 Å². The van der Waals surface area contributed by atoms with Gasteiger partial charge in [0.25, 0.3) is 0 Å². The van der Waals surface area contributed by atoms with Gasteiger partial charge in [0.15, 0.2) is 0 Å². The maximum Gasteiger partial charge on any atom is 0.133 e. The van der Waals surface area contributed by atoms with Crippen molar-refractivity contribution in [2.24, 2.45) is 5.92 Å². The highest BCUT2D eigenvalue weighted by Crippen LogP contribution is 2.24. The van der Waals surface area contributed by atoms with E-state index in [-0.39, 0.29) is 11.7 Å². The zero-order valence-corrected chi connectivity index (χ0v) is 9.06. The van der Waals surface area contributed by atoms with Crippen molar-refractivity contribution in [1.29, 1.82) is 5.26 Å². The summed E-state index contributed by atoms with van der Waals surface area (Å²) in [4.78, 5) is 4.09. The van der Waals surface area contributed by atoms with Crippen molar-refractivity contribution in [3.05, 3.63) is 24.0 Å². The van der Waals surface area contributed by atoms with E-state index >= 15 is 0 Å². The molecule has 1 heterocycles. The molecule has 1 saturated carbocycles. The van der Waals surface area contributed by atoms with Gasteiger partial charge in [-0.15, -0.1) is 0 Å². The predicted octanol–water partition coefficient (Wildman–Crippen LogP) is 1.57. The Morgan fingerprint density at radius 2 is 2.38 bits per heavy atom. The van der Waals surface area contributed by atoms with Gasteiger partial charge in [-0.25, -0.2) is 0 Å². The first-order valence-electron chi connectivity index (χ1n) is 5.56. The Morgan fingerprint density at radius 1 is 1.50 bits per heavy atom. The Balaban J connectivity index is 1.88. The van der Waals surface area contributed by atoms with Gasteiger partial charge in [0, 0.05) is 12.6 Å². The average molecular weight is 217 g/mol. The molecule has 4 nitrogen and oxygen atoms in total. The largest absolute Gasteiger partial charge is 0.506 e. The van der Waals surface area contributed by atoms with Gasteiger partial charge in [0.2, 0.25) is 0 Å². The molecule has 2 unspecified atom stereocenters. The number of nitrogens with one attached hydrogen (secondary N) is 1. The molecule has 0 aromatic carbocycles. The summed E-state index contributed by atoms with van der Waals surface area (Å²) < 4.78 is 0. The van der Waals surface area contributed by atoms with E-state index in [1.165, 1.54) is 6.20 Å². The van der Waals surface area contributed by atoms with Crippen LogP contribution in [0, 0.1) is 17.2 Å². The minimum absolute atomic E-state index is 0.136. The second kappa shape index (κ2) is 4.95. The fourth-order valence-corrected chi connectivity index (χ4v) is 2.12. The van der Waals surface area contributed by atoms with E-state index < -0.39 is 0 Å². The Hall–Kier alpha value is -1.60. The highest BCUT2D eigenvalue weighted by atomic mass is 16.3. The molecule has 1 aromatic heterocycles. The molecule has 2 N–H and O–H groups in total. The smallest absolute Gasteiger partial charge is 0.133 e. The van der Waals surface area contributed by atoms with Crippen LogP contribution in [0.1, 0.15) is 25.0 Å². The summed E-state index contributed by atoms with van der Waals surface area (Å²) in [6.45, 7) is 0.656. The molecule has 1 aliphatic rings. The van der Waals surface area contributed by atoms with Crippen molar-refractivity contribution < 1.29 is 5.11 Å². The van der Waals surface area contributed by atoms with E-state index in [4.69, 9.17) is 10.4 Å². The van der Waals surface area contributed by atoms with Gasteiger partial charge in [-0.1, -0.05) is 6.42 Å². The highest BCUT2D eigenvalue weighted by Gasteiger charge is 2.26. The summed E-state index contributed by atoms with van der Waals surface area (Å²) in [5.74, 6) is 0.316. The summed E-state index contributed by atoms with van der Waals surface area (Å²) in [7, 11) is 0. The lowest BCUT2D eigenvalue weighted by Crippen LogP contribution is -2.31. The van der Waals surface area contributed by atoms with Gasteiger partial charge in [-0.2, -0.15) is 5.26 Å². The summed E-state index contributed by atoms with van der Waals surface area (Å²) in [5.41, 5.74) is 0.890. The zero-order chi connectivity index (χ0) is 11.4. The van der Waals surface area contributed by atoms with Crippen LogP contribution in [0.5, 0.6) is 5.75 Å². The number of nitrogens with zero attached hydrogens (tertiary/aromatic N) is 2. The second-order valence-corrected chi connectivity index (χ2v) is 4.16. The lowest BCUT2D eigenvalue weighted by atomic mass is 10.1. The minimum Gasteiger partial charge on any atom is -0.506 e. The van der Waals surface area contributed by atoms with Crippen LogP contribution in [0.3, 0.4) is 0 Å². The van der Waals surface area contributed by atoms with Gasteiger partial charge >= 0.3 is 0 Å². The van der Waals surface area contributed by atoms with Crippen molar-refractivity contribution in [1.82, 2.24) is 10.3 Å². The molecular formula is C12H15N3O. The molecule has 84 valence electrons. The lowest BCUT2D eigenvalue weighted by Gasteiger charge is -2.14. The molecule has 0 spiro atoms. The zero-order valence-electron chi connectivity index (χ0n) is 9.06. The van der Waals surface area contributed by atoms with Gasteiger partial charge < -0.3 is 10.4 Å². The third kappa shape index (κ3) is 2.50. The lowest BCUT2D eigenvalue weighted by molar-refractivity contribution is 0.457. The SMILES string of the molecule is N#CC1CCCC1NCc1ccc(O)cn1. The average Bonchev–Trinajstić information content (AvgIpc) is 2.76. The van der Waals surface area contributed by atoms with Crippen LogP contribution in [0.4, 0.5) is 0 Å². The number of nitriles is 1. The molecule has 2 rings (SSSR count). The second-order valence-electron chi connectivity index (χ2n) is 4.16. The molecule has 0 radical (unpaired) electrons. The van der Waals surface area contributed by atoms with Gasteiger partial charge in [-0.3, -0.25) is 4.98 Å². The van der Waals surface area contributed by atoms with Crippen LogP contribution in [-0.4, -0.2) is 16.1 Å². The van der Waals surface area contributed by atoms with E-state index in [0.29, 0.717) is 12.6 Å². The monoisotopic (exact) mass is 217 g/mol. The maximum absolute atomic E-state index is 9.09. The molecule has 4 heteroatoms. The highest BCUT2D eigenvalue weighted by molar-refractivity contribution is 5.17. The van der Waals surface area contributed by atoms with E-state index in [9.17, 15) is 0 Å². The number of rotatable bonds is 3. The fraction of sp³-hybridized carbons (Fsp3) is 0.500. The molecule has 2 atom stereocenters. The number of hydrogen-bond acceptors (Lipinski definition) is 4. The third-order valence-electron chi connectivity index (χ3n) is 3.04. The summed E-state index contributed by atoms with van der Waals surface area (Å²) in [6.07, 6.45) is 4.62. The standard InChI is InChI=1S/C12H15N3O/c13-6-9-2-1-3-12(9)15-7-10-4-5-11(16)8-14-10/h4-5,8-9,12,15-16H,1-3,7H2. The summed E-state index contributed by atoms with van der Waals surface area (Å²) in [6, 6.07) is 6.04. The molecule has 1 aliphatic carbocycles. The molecule has 0 aliphatic heterocycles. The fourth-order valence-electron chi connectivity index (χ4n) is 2.12. The van der Waals surface area contributed by atoms with Crippen LogP contribution in [0.25, 0.3) is 0 Å². The van der Waals surface area contributed by atoms with Gasteiger partial charge in [0.1, 0.15) is 5.75 Å². The minimum atomic E-state index is 0.136. The first-order chi connectivity index (χ1) is 7.79. The van der Waals surface area contributed by atoms with E-state index in [2.05, 4.69) is 16.4 Å². The third-order valence-corrected chi connectivity index (χ3v) is 3.04. The van der Waals surface area contributed by atoms with Crippen LogP contribution in [0.15, 0.2) is 18.3 Å². The Kier molecular flexibility index (Phi) is 3.37. The van der Waals surface area contributed by atoms with E-state index in [0.717, 1.165) is 25.0 Å². The van der Waals surface area contributed by atoms with Crippen molar-refractivity contribution in [3.63, 3.8) is 0 Å². The molecular weight excluding hydrogens is 202 g/mol. The van der Waals surface area contributed by atoms with Crippen LogP contribution in [0.2, 0.25) is 0 Å². The van der Waals surface area contributed by atoms with E-state index in [1.54, 1.807) is 12.1 Å². The number of hydrogen-bond donors (Lipinski definition) is 2. The summed E-state index contributed by atoms with van der Waals surface area (Å²) in [5, 5.41) is 21.4. The Morgan fingerprint density at radius 3 is 3.06 bits per heavy atom. The van der Waals surface area contributed by atoms with Gasteiger partial charge in [0.05, 0.1) is 23.9 Å². The van der Waals surface area contributed by atoms with Gasteiger partial charge in [-0.05, 0) is 25.0 Å². The van der Waals surface area contributed by atoms with Crippen LogP contribution < -0.4 is 5.32 Å². The number of aromatic hydroxyl groups is 1. The van der Waals surface area contributed by atoms with Crippen molar-refractivity contribution >= 4 is 0 Å². The number of pyridine rings is 1.